The van der Waals surface area contributed by atoms with Gasteiger partial charge in [-0.05, 0) is 36.4 Å². The van der Waals surface area contributed by atoms with Crippen LogP contribution in [0.5, 0.6) is 11.5 Å². The van der Waals surface area contributed by atoms with Gasteiger partial charge in [0.25, 0.3) is 0 Å². The van der Waals surface area contributed by atoms with Crippen molar-refractivity contribution in [2.75, 3.05) is 56.7 Å². The minimum Gasteiger partial charge on any atom is -0.497 e. The molecule has 0 saturated carbocycles. The smallest absolute Gasteiger partial charge is 0.317 e. The molecule has 2 aromatic carbocycles. The van der Waals surface area contributed by atoms with Crippen LogP contribution in [0, 0.1) is 0 Å². The Morgan fingerprint density at radius 2 is 1.68 bits per heavy atom. The first-order valence-corrected chi connectivity index (χ1v) is 10.5. The zero-order chi connectivity index (χ0) is 21.8. The van der Waals surface area contributed by atoms with E-state index in [1.165, 1.54) is 0 Å². The van der Waals surface area contributed by atoms with Crippen LogP contribution >= 0.6 is 0 Å². The molecule has 3 amide bonds. The zero-order valence-corrected chi connectivity index (χ0v) is 17.9. The predicted molar refractivity (Wildman–Crippen MR) is 119 cm³/mol. The van der Waals surface area contributed by atoms with E-state index in [0.717, 1.165) is 36.0 Å². The molecule has 164 valence electrons. The van der Waals surface area contributed by atoms with Crippen LogP contribution in [-0.4, -0.2) is 69.8 Å². The highest BCUT2D eigenvalue weighted by Crippen LogP contribution is 2.28. The number of para-hydroxylation sites is 2. The second-order valence-electron chi connectivity index (χ2n) is 7.70. The summed E-state index contributed by atoms with van der Waals surface area (Å²) in [6.45, 7) is 3.17. The van der Waals surface area contributed by atoms with Crippen molar-refractivity contribution in [3.8, 4) is 11.5 Å². The van der Waals surface area contributed by atoms with Crippen LogP contribution in [0.15, 0.2) is 48.5 Å². The molecule has 31 heavy (non-hydrogen) atoms. The van der Waals surface area contributed by atoms with Gasteiger partial charge in [0.05, 0.1) is 25.9 Å². The van der Waals surface area contributed by atoms with Gasteiger partial charge in [-0.3, -0.25) is 4.79 Å². The minimum atomic E-state index is -0.200. The lowest BCUT2D eigenvalue weighted by molar-refractivity contribution is -0.117. The summed E-state index contributed by atoms with van der Waals surface area (Å²) < 4.78 is 10.6. The topological polar surface area (TPSA) is 74.3 Å². The van der Waals surface area contributed by atoms with Gasteiger partial charge in [0.1, 0.15) is 11.5 Å². The number of piperazine rings is 1. The first-order chi connectivity index (χ1) is 15.1. The molecule has 8 nitrogen and oxygen atoms in total. The number of nitrogens with one attached hydrogen (secondary N) is 1. The van der Waals surface area contributed by atoms with E-state index in [2.05, 4.69) is 10.2 Å². The normalized spacial score (nSPS) is 18.8. The molecule has 0 unspecified atom stereocenters. The van der Waals surface area contributed by atoms with Crippen LogP contribution in [0.1, 0.15) is 6.42 Å². The van der Waals surface area contributed by atoms with Crippen LogP contribution < -0.4 is 24.6 Å². The Balaban J connectivity index is 1.30. The molecule has 2 saturated heterocycles. The Labute approximate surface area is 182 Å². The fourth-order valence-corrected chi connectivity index (χ4v) is 4.12. The quantitative estimate of drug-likeness (QED) is 0.798. The minimum absolute atomic E-state index is 0.0106. The maximum Gasteiger partial charge on any atom is 0.317 e. The highest BCUT2D eigenvalue weighted by atomic mass is 16.5. The van der Waals surface area contributed by atoms with E-state index in [0.29, 0.717) is 26.1 Å². The monoisotopic (exact) mass is 424 g/mol. The molecule has 2 aliphatic heterocycles. The number of anilines is 2. The van der Waals surface area contributed by atoms with E-state index >= 15 is 0 Å². The van der Waals surface area contributed by atoms with Gasteiger partial charge in [-0.2, -0.15) is 0 Å². The number of rotatable bonds is 5. The molecule has 8 heteroatoms. The number of ether oxygens (including phenoxy) is 2. The second kappa shape index (κ2) is 9.16. The van der Waals surface area contributed by atoms with Crippen molar-refractivity contribution < 1.29 is 19.1 Å². The number of urea groups is 1. The fourth-order valence-electron chi connectivity index (χ4n) is 4.12. The number of benzene rings is 2. The summed E-state index contributed by atoms with van der Waals surface area (Å²) in [5.74, 6) is 1.59. The van der Waals surface area contributed by atoms with Crippen molar-refractivity contribution >= 4 is 23.3 Å². The molecule has 1 N–H and O–H groups in total. The maximum atomic E-state index is 12.8. The SMILES string of the molecule is COc1ccc(N2C[C@H](NC(=O)N3CCN(c4ccccc4OC)CC3)CC2=O)cc1. The van der Waals surface area contributed by atoms with Gasteiger partial charge in [0.2, 0.25) is 5.91 Å². The molecule has 1 atom stereocenters. The van der Waals surface area contributed by atoms with Crippen LogP contribution in [0.3, 0.4) is 0 Å². The Hall–Kier alpha value is -3.42. The molecule has 0 spiro atoms. The first kappa shape index (κ1) is 20.8. The molecule has 0 aromatic heterocycles. The standard InChI is InChI=1S/C23H28N4O4/c1-30-19-9-7-18(8-10-19)27-16-17(15-22(27)28)24-23(29)26-13-11-25(12-14-26)20-5-3-4-6-21(20)31-2/h3-10,17H,11-16H2,1-2H3,(H,24,29)/t17-/m1/s1. The van der Waals surface area contributed by atoms with Crippen LogP contribution in [0.4, 0.5) is 16.2 Å². The van der Waals surface area contributed by atoms with E-state index in [1.54, 1.807) is 19.1 Å². The third-order valence-corrected chi connectivity index (χ3v) is 5.83. The summed E-state index contributed by atoms with van der Waals surface area (Å²) in [4.78, 5) is 31.0. The maximum absolute atomic E-state index is 12.8. The Bertz CT molecular complexity index is 925. The predicted octanol–water partition coefficient (Wildman–Crippen LogP) is 2.34. The summed E-state index contributed by atoms with van der Waals surface area (Å²) in [5, 5.41) is 3.04. The van der Waals surface area contributed by atoms with Crippen molar-refractivity contribution in [2.45, 2.75) is 12.5 Å². The number of carbonyl (C=O) groups is 2. The lowest BCUT2D eigenvalue weighted by atomic mass is 10.2. The molecule has 2 fully saturated rings. The van der Waals surface area contributed by atoms with Crippen molar-refractivity contribution in [3.05, 3.63) is 48.5 Å². The van der Waals surface area contributed by atoms with Crippen molar-refractivity contribution in [3.63, 3.8) is 0 Å². The van der Waals surface area contributed by atoms with E-state index in [1.807, 2.05) is 53.4 Å². The average Bonchev–Trinajstić information content (AvgIpc) is 3.18. The summed E-state index contributed by atoms with van der Waals surface area (Å²) in [6.07, 6.45) is 0.305. The number of carbonyl (C=O) groups excluding carboxylic acids is 2. The third kappa shape index (κ3) is 4.52. The van der Waals surface area contributed by atoms with E-state index < -0.39 is 0 Å². The Kier molecular flexibility index (Phi) is 6.16. The summed E-state index contributed by atoms with van der Waals surface area (Å²) in [6, 6.07) is 15.0. The second-order valence-corrected chi connectivity index (χ2v) is 7.70. The van der Waals surface area contributed by atoms with Crippen molar-refractivity contribution in [1.29, 1.82) is 0 Å². The number of nitrogens with zero attached hydrogens (tertiary/aromatic N) is 3. The van der Waals surface area contributed by atoms with Crippen LogP contribution in [0.25, 0.3) is 0 Å². The van der Waals surface area contributed by atoms with E-state index in [9.17, 15) is 9.59 Å². The van der Waals surface area contributed by atoms with Gasteiger partial charge < -0.3 is 29.5 Å². The highest BCUT2D eigenvalue weighted by molar-refractivity contribution is 5.96. The van der Waals surface area contributed by atoms with E-state index in [-0.39, 0.29) is 18.0 Å². The summed E-state index contributed by atoms with van der Waals surface area (Å²) in [5.41, 5.74) is 1.86. The number of amides is 3. The Morgan fingerprint density at radius 1 is 0.968 bits per heavy atom. The van der Waals surface area contributed by atoms with E-state index in [4.69, 9.17) is 9.47 Å². The molecular formula is C23H28N4O4. The van der Waals surface area contributed by atoms with Gasteiger partial charge in [-0.1, -0.05) is 12.1 Å². The third-order valence-electron chi connectivity index (χ3n) is 5.83. The average molecular weight is 425 g/mol. The molecule has 0 bridgehead atoms. The molecule has 2 heterocycles. The Morgan fingerprint density at radius 3 is 2.35 bits per heavy atom. The molecule has 4 rings (SSSR count). The highest BCUT2D eigenvalue weighted by Gasteiger charge is 2.33. The zero-order valence-electron chi connectivity index (χ0n) is 17.9. The summed E-state index contributed by atoms with van der Waals surface area (Å²) >= 11 is 0. The molecule has 2 aliphatic rings. The molecule has 0 aliphatic carbocycles. The number of hydrogen-bond acceptors (Lipinski definition) is 5. The molecule has 0 radical (unpaired) electrons. The number of methoxy groups -OCH3 is 2. The van der Waals surface area contributed by atoms with Gasteiger partial charge >= 0.3 is 6.03 Å². The fraction of sp³-hybridized carbons (Fsp3) is 0.391. The molecular weight excluding hydrogens is 396 g/mol. The van der Waals surface area contributed by atoms with Crippen LogP contribution in [-0.2, 0) is 4.79 Å². The van der Waals surface area contributed by atoms with Gasteiger partial charge in [-0.15, -0.1) is 0 Å². The first-order valence-electron chi connectivity index (χ1n) is 10.5. The number of hydrogen-bond donors (Lipinski definition) is 1. The van der Waals surface area contributed by atoms with Crippen LogP contribution in [0.2, 0.25) is 0 Å². The molecule has 2 aromatic rings. The lowest BCUT2D eigenvalue weighted by Crippen LogP contribution is -2.54. The van der Waals surface area contributed by atoms with Crippen molar-refractivity contribution in [1.82, 2.24) is 10.2 Å². The van der Waals surface area contributed by atoms with Crippen molar-refractivity contribution in [2.24, 2.45) is 0 Å². The summed E-state index contributed by atoms with van der Waals surface area (Å²) in [7, 11) is 3.28. The van der Waals surface area contributed by atoms with Gasteiger partial charge in [0.15, 0.2) is 0 Å². The van der Waals surface area contributed by atoms with Gasteiger partial charge in [0, 0.05) is 44.8 Å². The lowest BCUT2D eigenvalue weighted by Gasteiger charge is -2.37. The largest absolute Gasteiger partial charge is 0.497 e. The van der Waals surface area contributed by atoms with Gasteiger partial charge in [-0.25, -0.2) is 4.79 Å².